The fraction of sp³-hybridized carbons (Fsp3) is 0.158. The summed E-state index contributed by atoms with van der Waals surface area (Å²) < 4.78 is 22.1. The second-order valence-electron chi connectivity index (χ2n) is 5.30. The maximum atomic E-state index is 12.2. The lowest BCUT2D eigenvalue weighted by molar-refractivity contribution is -0.129. The molecule has 0 atom stereocenters. The number of halogens is 1. The monoisotopic (exact) mass is 417 g/mol. The first-order chi connectivity index (χ1) is 12.5. The van der Waals surface area contributed by atoms with E-state index in [1.54, 1.807) is 18.2 Å². The number of cyclic esters (lactones) is 1. The number of methoxy groups -OCH3 is 3. The molecule has 0 aromatic heterocycles. The molecule has 3 rings (SSSR count). The molecule has 7 heteroatoms. The zero-order valence-corrected chi connectivity index (χ0v) is 16.0. The number of hydrogen-bond acceptors (Lipinski definition) is 6. The van der Waals surface area contributed by atoms with Crippen molar-refractivity contribution >= 4 is 33.9 Å². The molecule has 0 fully saturated rings. The van der Waals surface area contributed by atoms with Gasteiger partial charge < -0.3 is 18.9 Å². The molecule has 1 aliphatic rings. The topological polar surface area (TPSA) is 66.4 Å². The highest BCUT2D eigenvalue weighted by atomic mass is 79.9. The highest BCUT2D eigenvalue weighted by Gasteiger charge is 2.24. The number of ether oxygens (including phenoxy) is 4. The fourth-order valence-corrected chi connectivity index (χ4v) is 2.73. The second-order valence-corrected chi connectivity index (χ2v) is 6.22. The van der Waals surface area contributed by atoms with Crippen LogP contribution in [0.5, 0.6) is 17.2 Å². The van der Waals surface area contributed by atoms with Crippen LogP contribution in [0.2, 0.25) is 0 Å². The third-order valence-electron chi connectivity index (χ3n) is 3.70. The molecule has 6 nitrogen and oxygen atoms in total. The molecule has 0 N–H and O–H groups in total. The number of hydrogen-bond donors (Lipinski definition) is 0. The Morgan fingerprint density at radius 1 is 1.00 bits per heavy atom. The number of rotatable bonds is 5. The Bertz CT molecular complexity index is 878. The molecular weight excluding hydrogens is 402 g/mol. The van der Waals surface area contributed by atoms with Crippen LogP contribution in [0, 0.1) is 0 Å². The molecule has 0 saturated heterocycles. The van der Waals surface area contributed by atoms with Gasteiger partial charge in [0, 0.05) is 10.0 Å². The van der Waals surface area contributed by atoms with E-state index in [0.29, 0.717) is 22.8 Å². The summed E-state index contributed by atoms with van der Waals surface area (Å²) in [5.41, 5.74) is 1.58. The maximum Gasteiger partial charge on any atom is 0.363 e. The van der Waals surface area contributed by atoms with Gasteiger partial charge in [-0.25, -0.2) is 9.79 Å². The average Bonchev–Trinajstić information content (AvgIpc) is 3.01. The molecule has 0 unspecified atom stereocenters. The molecule has 1 heterocycles. The van der Waals surface area contributed by atoms with Gasteiger partial charge in [-0.3, -0.25) is 0 Å². The van der Waals surface area contributed by atoms with Gasteiger partial charge in [0.1, 0.15) is 0 Å². The quantitative estimate of drug-likeness (QED) is 0.546. The minimum absolute atomic E-state index is 0.192. The molecular formula is C19H16BrNO5. The molecule has 0 amide bonds. The van der Waals surface area contributed by atoms with Crippen LogP contribution >= 0.6 is 15.9 Å². The molecule has 0 bridgehead atoms. The van der Waals surface area contributed by atoms with Crippen LogP contribution < -0.4 is 14.2 Å². The number of esters is 1. The second kappa shape index (κ2) is 7.61. The van der Waals surface area contributed by atoms with Gasteiger partial charge in [0.15, 0.2) is 17.2 Å². The highest BCUT2D eigenvalue weighted by molar-refractivity contribution is 9.10. The molecule has 0 aliphatic carbocycles. The summed E-state index contributed by atoms with van der Waals surface area (Å²) in [6.07, 6.45) is 1.61. The van der Waals surface area contributed by atoms with E-state index in [4.69, 9.17) is 18.9 Å². The number of carbonyl (C=O) groups is 1. The van der Waals surface area contributed by atoms with Crippen molar-refractivity contribution < 1.29 is 23.7 Å². The summed E-state index contributed by atoms with van der Waals surface area (Å²) in [5, 5.41) is 0. The van der Waals surface area contributed by atoms with Gasteiger partial charge in [0.2, 0.25) is 11.6 Å². The largest absolute Gasteiger partial charge is 0.493 e. The van der Waals surface area contributed by atoms with E-state index < -0.39 is 5.97 Å². The first-order valence-corrected chi connectivity index (χ1v) is 8.43. The third-order valence-corrected chi connectivity index (χ3v) is 4.23. The van der Waals surface area contributed by atoms with Gasteiger partial charge in [0.05, 0.1) is 21.3 Å². The predicted molar refractivity (Wildman–Crippen MR) is 101 cm³/mol. The summed E-state index contributed by atoms with van der Waals surface area (Å²) in [7, 11) is 4.59. The SMILES string of the molecule is COc1cc(/C=C2/N=C(c3ccc(Br)cc3)OC2=O)cc(OC)c1OC. The molecule has 134 valence electrons. The van der Waals surface area contributed by atoms with Crippen molar-refractivity contribution in [2.24, 2.45) is 4.99 Å². The van der Waals surface area contributed by atoms with Crippen LogP contribution in [0.4, 0.5) is 0 Å². The molecule has 26 heavy (non-hydrogen) atoms. The average molecular weight is 418 g/mol. The van der Waals surface area contributed by atoms with Gasteiger partial charge in [-0.1, -0.05) is 15.9 Å². The third kappa shape index (κ3) is 3.57. The molecule has 0 radical (unpaired) electrons. The van der Waals surface area contributed by atoms with Crippen LogP contribution in [-0.4, -0.2) is 33.2 Å². The maximum absolute atomic E-state index is 12.2. The molecule has 0 spiro atoms. The minimum atomic E-state index is -0.517. The van der Waals surface area contributed by atoms with Gasteiger partial charge in [0.25, 0.3) is 0 Å². The van der Waals surface area contributed by atoms with Crippen molar-refractivity contribution in [1.82, 2.24) is 0 Å². The van der Waals surface area contributed by atoms with Crippen molar-refractivity contribution in [1.29, 1.82) is 0 Å². The number of benzene rings is 2. The van der Waals surface area contributed by atoms with Crippen LogP contribution in [0.1, 0.15) is 11.1 Å². The van der Waals surface area contributed by atoms with E-state index in [1.165, 1.54) is 21.3 Å². The Balaban J connectivity index is 1.99. The van der Waals surface area contributed by atoms with E-state index in [1.807, 2.05) is 24.3 Å². The number of aliphatic imine (C=N–C) groups is 1. The summed E-state index contributed by atoms with van der Waals surface area (Å²) in [6, 6.07) is 10.8. The lowest BCUT2D eigenvalue weighted by atomic mass is 10.1. The van der Waals surface area contributed by atoms with E-state index in [9.17, 15) is 4.79 Å². The standard InChI is InChI=1S/C19H16BrNO5/c1-23-15-9-11(10-16(24-2)17(15)25-3)8-14-19(22)26-18(21-14)12-4-6-13(20)7-5-12/h4-10H,1-3H3/b14-8+. The van der Waals surface area contributed by atoms with E-state index in [-0.39, 0.29) is 11.6 Å². The van der Waals surface area contributed by atoms with E-state index in [2.05, 4.69) is 20.9 Å². The Morgan fingerprint density at radius 2 is 1.62 bits per heavy atom. The zero-order chi connectivity index (χ0) is 18.7. The van der Waals surface area contributed by atoms with Crippen LogP contribution in [0.15, 0.2) is 51.6 Å². The Labute approximate surface area is 159 Å². The molecule has 1 aliphatic heterocycles. The van der Waals surface area contributed by atoms with Crippen molar-refractivity contribution in [2.45, 2.75) is 0 Å². The predicted octanol–water partition coefficient (Wildman–Crippen LogP) is 3.82. The van der Waals surface area contributed by atoms with Crippen LogP contribution in [0.25, 0.3) is 6.08 Å². The van der Waals surface area contributed by atoms with Gasteiger partial charge in [-0.2, -0.15) is 0 Å². The fourth-order valence-electron chi connectivity index (χ4n) is 2.47. The first kappa shape index (κ1) is 18.0. The summed E-state index contributed by atoms with van der Waals surface area (Å²) in [4.78, 5) is 16.5. The Hall–Kier alpha value is -2.80. The van der Waals surface area contributed by atoms with E-state index >= 15 is 0 Å². The summed E-state index contributed by atoms with van der Waals surface area (Å²) in [5.74, 6) is 1.20. The highest BCUT2D eigenvalue weighted by Crippen LogP contribution is 2.39. The van der Waals surface area contributed by atoms with Crippen molar-refractivity contribution in [3.05, 3.63) is 57.7 Å². The van der Waals surface area contributed by atoms with Gasteiger partial charge in [-0.15, -0.1) is 0 Å². The Kier molecular flexibility index (Phi) is 5.27. The summed E-state index contributed by atoms with van der Waals surface area (Å²) >= 11 is 3.37. The Morgan fingerprint density at radius 3 is 2.15 bits per heavy atom. The minimum Gasteiger partial charge on any atom is -0.493 e. The molecule has 0 saturated carbocycles. The molecule has 2 aromatic rings. The van der Waals surface area contributed by atoms with Gasteiger partial charge >= 0.3 is 5.97 Å². The van der Waals surface area contributed by atoms with E-state index in [0.717, 1.165) is 10.0 Å². The van der Waals surface area contributed by atoms with Crippen molar-refractivity contribution in [2.75, 3.05) is 21.3 Å². The lowest BCUT2D eigenvalue weighted by Gasteiger charge is -2.12. The van der Waals surface area contributed by atoms with Crippen molar-refractivity contribution in [3.8, 4) is 17.2 Å². The normalized spacial score (nSPS) is 14.8. The number of carbonyl (C=O) groups excluding carboxylic acids is 1. The van der Waals surface area contributed by atoms with Gasteiger partial charge in [-0.05, 0) is 48.0 Å². The zero-order valence-electron chi connectivity index (χ0n) is 14.4. The summed E-state index contributed by atoms with van der Waals surface area (Å²) in [6.45, 7) is 0. The lowest BCUT2D eigenvalue weighted by Crippen LogP contribution is -2.05. The van der Waals surface area contributed by atoms with Crippen LogP contribution in [0.3, 0.4) is 0 Å². The van der Waals surface area contributed by atoms with Crippen molar-refractivity contribution in [3.63, 3.8) is 0 Å². The van der Waals surface area contributed by atoms with Crippen LogP contribution in [-0.2, 0) is 9.53 Å². The number of nitrogens with zero attached hydrogens (tertiary/aromatic N) is 1. The smallest absolute Gasteiger partial charge is 0.363 e. The molecule has 2 aromatic carbocycles. The first-order valence-electron chi connectivity index (χ1n) is 7.64.